The van der Waals surface area contributed by atoms with E-state index in [-0.39, 0.29) is 17.9 Å². The zero-order valence-electron chi connectivity index (χ0n) is 18.8. The lowest BCUT2D eigenvalue weighted by Gasteiger charge is -2.40. The van der Waals surface area contributed by atoms with Gasteiger partial charge in [-0.05, 0) is 62.2 Å². The van der Waals surface area contributed by atoms with Gasteiger partial charge in [0, 0.05) is 50.9 Å². The van der Waals surface area contributed by atoms with Crippen LogP contribution in [0.4, 0.5) is 5.69 Å². The molecule has 2 aromatic carbocycles. The van der Waals surface area contributed by atoms with Gasteiger partial charge in [0.1, 0.15) is 0 Å². The van der Waals surface area contributed by atoms with Crippen LogP contribution in [0.2, 0.25) is 5.02 Å². The van der Waals surface area contributed by atoms with Crippen LogP contribution in [0.15, 0.2) is 42.5 Å². The summed E-state index contributed by atoms with van der Waals surface area (Å²) in [5.74, 6) is -0.0786. The van der Waals surface area contributed by atoms with Gasteiger partial charge in [-0.15, -0.1) is 0 Å². The third-order valence-electron chi connectivity index (χ3n) is 6.59. The molecule has 2 heterocycles. The molecule has 0 bridgehead atoms. The number of likely N-dealkylation sites (N-methyl/N-ethyl adjacent to an activating group) is 1. The number of rotatable bonds is 4. The number of amides is 2. The number of nitrogens with one attached hydrogen (secondary N) is 1. The Morgan fingerprint density at radius 1 is 0.969 bits per heavy atom. The highest BCUT2D eigenvalue weighted by Crippen LogP contribution is 2.31. The standard InChI is InChI=1S/C25H31ClN4O2/c1-27-24(31)19-8-6-7-18(15-19)23-17-30(14-13-28(23)2)25(32)20-9-10-21(26)22(16-20)29-11-4-3-5-12-29/h6-10,15-16,23H,3-5,11-14,17H2,1-2H3,(H,27,31)/t23-/m1/s1. The van der Waals surface area contributed by atoms with E-state index in [0.29, 0.717) is 29.2 Å². The van der Waals surface area contributed by atoms with Gasteiger partial charge in [0.05, 0.1) is 16.8 Å². The normalized spacial score (nSPS) is 19.7. The number of piperidine rings is 1. The zero-order valence-corrected chi connectivity index (χ0v) is 19.6. The summed E-state index contributed by atoms with van der Waals surface area (Å²) in [6.07, 6.45) is 3.56. The number of halogens is 1. The quantitative estimate of drug-likeness (QED) is 0.763. The number of piperazine rings is 1. The van der Waals surface area contributed by atoms with Crippen molar-refractivity contribution in [1.82, 2.24) is 15.1 Å². The molecule has 0 unspecified atom stereocenters. The summed E-state index contributed by atoms with van der Waals surface area (Å²) in [5, 5.41) is 3.38. The predicted molar refractivity (Wildman–Crippen MR) is 129 cm³/mol. The van der Waals surface area contributed by atoms with Crippen molar-refractivity contribution >= 4 is 29.1 Å². The Balaban J connectivity index is 1.54. The molecule has 1 N–H and O–H groups in total. The molecule has 0 radical (unpaired) electrons. The molecule has 32 heavy (non-hydrogen) atoms. The van der Waals surface area contributed by atoms with Crippen molar-refractivity contribution in [3.05, 3.63) is 64.2 Å². The van der Waals surface area contributed by atoms with Crippen LogP contribution in [0.5, 0.6) is 0 Å². The topological polar surface area (TPSA) is 55.9 Å². The SMILES string of the molecule is CNC(=O)c1cccc([C@H]2CN(C(=O)c3ccc(Cl)c(N4CCCCC4)c3)CCN2C)c1. The Kier molecular flexibility index (Phi) is 7.01. The highest BCUT2D eigenvalue weighted by atomic mass is 35.5. The number of hydrogen-bond donors (Lipinski definition) is 1. The van der Waals surface area contributed by atoms with Crippen molar-refractivity contribution in [2.75, 3.05) is 51.7 Å². The molecule has 2 amide bonds. The van der Waals surface area contributed by atoms with E-state index in [9.17, 15) is 9.59 Å². The molecular weight excluding hydrogens is 424 g/mol. The zero-order chi connectivity index (χ0) is 22.7. The van der Waals surface area contributed by atoms with Crippen molar-refractivity contribution in [2.24, 2.45) is 0 Å². The summed E-state index contributed by atoms with van der Waals surface area (Å²) in [6, 6.07) is 13.3. The minimum atomic E-state index is -0.107. The molecule has 2 aliphatic heterocycles. The van der Waals surface area contributed by atoms with Crippen LogP contribution < -0.4 is 10.2 Å². The molecule has 4 rings (SSSR count). The van der Waals surface area contributed by atoms with Gasteiger partial charge in [0.2, 0.25) is 0 Å². The second kappa shape index (κ2) is 9.92. The van der Waals surface area contributed by atoms with Crippen molar-refractivity contribution < 1.29 is 9.59 Å². The fourth-order valence-corrected chi connectivity index (χ4v) is 4.89. The summed E-state index contributed by atoms with van der Waals surface area (Å²) in [7, 11) is 3.70. The predicted octanol–water partition coefficient (Wildman–Crippen LogP) is 3.82. The van der Waals surface area contributed by atoms with E-state index in [4.69, 9.17) is 11.6 Å². The van der Waals surface area contributed by atoms with Crippen LogP contribution in [0.3, 0.4) is 0 Å². The van der Waals surface area contributed by atoms with E-state index >= 15 is 0 Å². The van der Waals surface area contributed by atoms with Gasteiger partial charge in [-0.2, -0.15) is 0 Å². The lowest BCUT2D eigenvalue weighted by molar-refractivity contribution is 0.0545. The Labute approximate surface area is 195 Å². The second-order valence-corrected chi connectivity index (χ2v) is 9.07. The number of carbonyl (C=O) groups excluding carboxylic acids is 2. The largest absolute Gasteiger partial charge is 0.370 e. The molecule has 1 atom stereocenters. The Bertz CT molecular complexity index is 990. The first-order chi connectivity index (χ1) is 15.5. The van der Waals surface area contributed by atoms with Crippen LogP contribution in [-0.4, -0.2) is 68.4 Å². The molecule has 0 saturated carbocycles. The lowest BCUT2D eigenvalue weighted by Crippen LogP contribution is -2.49. The van der Waals surface area contributed by atoms with E-state index in [1.807, 2.05) is 47.4 Å². The number of carbonyl (C=O) groups is 2. The molecule has 170 valence electrons. The highest BCUT2D eigenvalue weighted by Gasteiger charge is 2.30. The molecule has 6 nitrogen and oxygen atoms in total. The minimum absolute atomic E-state index is 0.0282. The van der Waals surface area contributed by atoms with E-state index in [2.05, 4.69) is 22.2 Å². The average molecular weight is 455 g/mol. The fraction of sp³-hybridized carbons (Fsp3) is 0.440. The van der Waals surface area contributed by atoms with E-state index in [1.54, 1.807) is 7.05 Å². The molecule has 2 saturated heterocycles. The van der Waals surface area contributed by atoms with Gasteiger partial charge in [0.25, 0.3) is 11.8 Å². The summed E-state index contributed by atoms with van der Waals surface area (Å²) in [5.41, 5.74) is 3.31. The summed E-state index contributed by atoms with van der Waals surface area (Å²) in [6.45, 7) is 3.98. The molecule has 7 heteroatoms. The number of hydrogen-bond acceptors (Lipinski definition) is 4. The van der Waals surface area contributed by atoms with Gasteiger partial charge in [-0.25, -0.2) is 0 Å². The maximum atomic E-state index is 13.4. The monoisotopic (exact) mass is 454 g/mol. The molecule has 0 spiro atoms. The van der Waals surface area contributed by atoms with Crippen LogP contribution in [0.1, 0.15) is 51.6 Å². The van der Waals surface area contributed by atoms with Crippen LogP contribution in [0, 0.1) is 0 Å². The molecule has 2 fully saturated rings. The van der Waals surface area contributed by atoms with Crippen LogP contribution in [0.25, 0.3) is 0 Å². The maximum absolute atomic E-state index is 13.4. The average Bonchev–Trinajstić information content (AvgIpc) is 2.84. The molecule has 0 aliphatic carbocycles. The second-order valence-electron chi connectivity index (χ2n) is 8.67. The fourth-order valence-electron chi connectivity index (χ4n) is 4.65. The number of nitrogens with zero attached hydrogens (tertiary/aromatic N) is 3. The van der Waals surface area contributed by atoms with E-state index < -0.39 is 0 Å². The minimum Gasteiger partial charge on any atom is -0.370 e. The van der Waals surface area contributed by atoms with Crippen molar-refractivity contribution in [1.29, 1.82) is 0 Å². The first-order valence-corrected chi connectivity index (χ1v) is 11.7. The van der Waals surface area contributed by atoms with E-state index in [1.165, 1.54) is 6.42 Å². The Morgan fingerprint density at radius 3 is 2.50 bits per heavy atom. The van der Waals surface area contributed by atoms with Crippen LogP contribution in [-0.2, 0) is 0 Å². The third kappa shape index (κ3) is 4.76. The first kappa shape index (κ1) is 22.6. The van der Waals surface area contributed by atoms with Gasteiger partial charge in [-0.3, -0.25) is 14.5 Å². The van der Waals surface area contributed by atoms with E-state index in [0.717, 1.165) is 43.7 Å². The summed E-state index contributed by atoms with van der Waals surface area (Å²) in [4.78, 5) is 32.0. The molecule has 2 aromatic rings. The van der Waals surface area contributed by atoms with Crippen molar-refractivity contribution in [3.63, 3.8) is 0 Å². The number of benzene rings is 2. The summed E-state index contributed by atoms with van der Waals surface area (Å²) >= 11 is 6.49. The van der Waals surface area contributed by atoms with Gasteiger partial charge >= 0.3 is 0 Å². The Morgan fingerprint density at radius 2 is 1.75 bits per heavy atom. The molecule has 0 aromatic heterocycles. The number of anilines is 1. The highest BCUT2D eigenvalue weighted by molar-refractivity contribution is 6.33. The first-order valence-electron chi connectivity index (χ1n) is 11.3. The summed E-state index contributed by atoms with van der Waals surface area (Å²) < 4.78 is 0. The lowest BCUT2D eigenvalue weighted by atomic mass is 9.99. The molecular formula is C25H31ClN4O2. The smallest absolute Gasteiger partial charge is 0.254 e. The third-order valence-corrected chi connectivity index (χ3v) is 6.91. The van der Waals surface area contributed by atoms with Crippen molar-refractivity contribution in [3.8, 4) is 0 Å². The van der Waals surface area contributed by atoms with Crippen LogP contribution >= 0.6 is 11.6 Å². The van der Waals surface area contributed by atoms with Gasteiger partial charge in [0.15, 0.2) is 0 Å². The Hall–Kier alpha value is -2.57. The van der Waals surface area contributed by atoms with Gasteiger partial charge < -0.3 is 15.1 Å². The molecule has 2 aliphatic rings. The maximum Gasteiger partial charge on any atom is 0.254 e. The van der Waals surface area contributed by atoms with Crippen molar-refractivity contribution in [2.45, 2.75) is 25.3 Å². The van der Waals surface area contributed by atoms with Gasteiger partial charge in [-0.1, -0.05) is 23.7 Å².